The summed E-state index contributed by atoms with van der Waals surface area (Å²) in [5.41, 5.74) is -0.240. The number of rotatable bonds is 7. The highest BCUT2D eigenvalue weighted by Gasteiger charge is 2.53. The first-order valence-electron chi connectivity index (χ1n) is 11.3. The number of nitrogens with zero attached hydrogens (tertiary/aromatic N) is 1. The Kier molecular flexibility index (Phi) is 8.49. The minimum absolute atomic E-state index is 0.0530. The molecule has 2 heterocycles. The molecule has 1 aliphatic heterocycles. The number of ether oxygens (including phenoxy) is 3. The lowest BCUT2D eigenvalue weighted by Crippen LogP contribution is -2.44. The van der Waals surface area contributed by atoms with Gasteiger partial charge in [0.2, 0.25) is 5.88 Å². The molecule has 1 fully saturated rings. The molecular weight excluding hydrogens is 529 g/mol. The molecule has 10 heteroatoms. The van der Waals surface area contributed by atoms with Crippen LogP contribution in [-0.4, -0.2) is 36.8 Å². The van der Waals surface area contributed by atoms with Crippen molar-refractivity contribution in [3.8, 4) is 5.88 Å². The fraction of sp³-hybridized carbons (Fsp3) is 0.520. The van der Waals surface area contributed by atoms with Gasteiger partial charge < -0.3 is 14.2 Å². The van der Waals surface area contributed by atoms with E-state index in [0.29, 0.717) is 0 Å². The van der Waals surface area contributed by atoms with Crippen LogP contribution in [0.15, 0.2) is 41.0 Å². The van der Waals surface area contributed by atoms with Crippen LogP contribution in [0, 0.1) is 11.3 Å². The summed E-state index contributed by atoms with van der Waals surface area (Å²) in [5.74, 6) is -0.677. The smallest absolute Gasteiger partial charge is 0.417 e. The van der Waals surface area contributed by atoms with Gasteiger partial charge in [-0.15, -0.1) is 0 Å². The Morgan fingerprint density at radius 2 is 1.91 bits per heavy atom. The number of aromatic nitrogens is 1. The molecule has 6 nitrogen and oxygen atoms in total. The summed E-state index contributed by atoms with van der Waals surface area (Å²) < 4.78 is 57.6. The van der Waals surface area contributed by atoms with Gasteiger partial charge in [-0.3, -0.25) is 10.1 Å². The van der Waals surface area contributed by atoms with E-state index in [1.807, 2.05) is 45.0 Å². The normalized spacial score (nSPS) is 22.8. The number of benzene rings is 1. The predicted octanol–water partition coefficient (Wildman–Crippen LogP) is 5.70. The highest BCUT2D eigenvalue weighted by atomic mass is 79.9. The van der Waals surface area contributed by atoms with Crippen molar-refractivity contribution in [1.82, 2.24) is 10.3 Å². The fourth-order valence-electron chi connectivity index (χ4n) is 4.54. The standard InChI is InChI=1S/C25H30BrF3N2O4/c1-6-34-23(32)20-18(24(2,3)4)21(19(31-20)14-8-7-9-17(26)11-14)35-13-15-10-16(25(27,28)29)12-30-22(15)33-5/h7-12,18-21,31H,6,13H2,1-5H3/t18-,19+,20+,21+/m1/s1. The SMILES string of the molecule is CCOC(=O)[C@H]1N[C@@H](c2cccc(Br)c2)[C@@H](OCc2cc(C(F)(F)F)cnc2OC)[C@@H]1C(C)(C)C. The minimum atomic E-state index is -4.55. The van der Waals surface area contributed by atoms with Gasteiger partial charge in [0.15, 0.2) is 0 Å². The van der Waals surface area contributed by atoms with Gasteiger partial charge in [-0.25, -0.2) is 4.98 Å². The zero-order valence-corrected chi connectivity index (χ0v) is 21.9. The highest BCUT2D eigenvalue weighted by molar-refractivity contribution is 9.10. The lowest BCUT2D eigenvalue weighted by atomic mass is 9.73. The summed E-state index contributed by atoms with van der Waals surface area (Å²) in [5, 5.41) is 3.38. The summed E-state index contributed by atoms with van der Waals surface area (Å²) >= 11 is 3.48. The van der Waals surface area contributed by atoms with E-state index in [4.69, 9.17) is 14.2 Å². The average molecular weight is 559 g/mol. The Morgan fingerprint density at radius 1 is 1.20 bits per heavy atom. The van der Waals surface area contributed by atoms with Crippen LogP contribution in [0.25, 0.3) is 0 Å². The van der Waals surface area contributed by atoms with Crippen LogP contribution in [0.1, 0.15) is 50.4 Å². The molecule has 4 atom stereocenters. The number of carbonyl (C=O) groups excluding carboxylic acids is 1. The van der Waals surface area contributed by atoms with E-state index >= 15 is 0 Å². The molecule has 0 amide bonds. The number of pyridine rings is 1. The summed E-state index contributed by atoms with van der Waals surface area (Å²) in [6.07, 6.45) is -4.37. The second-order valence-corrected chi connectivity index (χ2v) is 10.4. The van der Waals surface area contributed by atoms with E-state index in [1.165, 1.54) is 7.11 Å². The number of carbonyl (C=O) groups is 1. The van der Waals surface area contributed by atoms with E-state index in [2.05, 4.69) is 26.2 Å². The Hall–Kier alpha value is -2.17. The van der Waals surface area contributed by atoms with Crippen molar-refractivity contribution >= 4 is 21.9 Å². The Balaban J connectivity index is 2.01. The van der Waals surface area contributed by atoms with Gasteiger partial charge in [-0.2, -0.15) is 13.2 Å². The molecule has 1 aromatic carbocycles. The fourth-order valence-corrected chi connectivity index (χ4v) is 4.96. The predicted molar refractivity (Wildman–Crippen MR) is 128 cm³/mol. The van der Waals surface area contributed by atoms with Gasteiger partial charge in [0, 0.05) is 22.2 Å². The molecule has 0 aliphatic carbocycles. The van der Waals surface area contributed by atoms with Crippen molar-refractivity contribution in [2.75, 3.05) is 13.7 Å². The minimum Gasteiger partial charge on any atom is -0.481 e. The number of hydrogen-bond acceptors (Lipinski definition) is 6. The van der Waals surface area contributed by atoms with Crippen molar-refractivity contribution in [3.63, 3.8) is 0 Å². The third-order valence-corrected chi connectivity index (χ3v) is 6.52. The zero-order valence-electron chi connectivity index (χ0n) is 20.3. The third-order valence-electron chi connectivity index (χ3n) is 6.03. The van der Waals surface area contributed by atoms with Crippen LogP contribution < -0.4 is 10.1 Å². The van der Waals surface area contributed by atoms with Gasteiger partial charge in [0.1, 0.15) is 6.04 Å². The van der Waals surface area contributed by atoms with E-state index in [0.717, 1.165) is 22.3 Å². The van der Waals surface area contributed by atoms with Gasteiger partial charge in [0.05, 0.1) is 38.0 Å². The maximum Gasteiger partial charge on any atom is 0.417 e. The molecule has 2 aromatic rings. The molecule has 1 aromatic heterocycles. The third kappa shape index (κ3) is 6.34. The number of halogens is 4. The van der Waals surface area contributed by atoms with Gasteiger partial charge in [-0.1, -0.05) is 48.8 Å². The molecule has 1 saturated heterocycles. The van der Waals surface area contributed by atoms with Crippen LogP contribution in [0.3, 0.4) is 0 Å². The number of esters is 1. The van der Waals surface area contributed by atoms with Crippen molar-refractivity contribution in [1.29, 1.82) is 0 Å². The van der Waals surface area contributed by atoms with Crippen molar-refractivity contribution in [2.45, 2.75) is 58.7 Å². The first-order valence-corrected chi connectivity index (χ1v) is 12.1. The molecule has 3 rings (SSSR count). The first kappa shape index (κ1) is 27.4. The monoisotopic (exact) mass is 558 g/mol. The molecule has 192 valence electrons. The van der Waals surface area contributed by atoms with E-state index < -0.39 is 41.3 Å². The number of alkyl halides is 3. The second-order valence-electron chi connectivity index (χ2n) is 9.49. The number of methoxy groups -OCH3 is 1. The molecule has 35 heavy (non-hydrogen) atoms. The molecule has 1 N–H and O–H groups in total. The quantitative estimate of drug-likeness (QED) is 0.440. The molecule has 0 bridgehead atoms. The van der Waals surface area contributed by atoms with E-state index in [-0.39, 0.29) is 30.6 Å². The Bertz CT molecular complexity index is 1040. The maximum absolute atomic E-state index is 13.3. The van der Waals surface area contributed by atoms with Crippen molar-refractivity contribution < 1.29 is 32.2 Å². The average Bonchev–Trinajstić information content (AvgIpc) is 3.17. The van der Waals surface area contributed by atoms with Gasteiger partial charge >= 0.3 is 12.1 Å². The Morgan fingerprint density at radius 3 is 2.49 bits per heavy atom. The second kappa shape index (κ2) is 10.8. The largest absolute Gasteiger partial charge is 0.481 e. The lowest BCUT2D eigenvalue weighted by molar-refractivity contribution is -0.148. The van der Waals surface area contributed by atoms with Crippen LogP contribution >= 0.6 is 15.9 Å². The summed E-state index contributed by atoms with van der Waals surface area (Å²) in [4.78, 5) is 16.7. The Labute approximate surface area is 211 Å². The summed E-state index contributed by atoms with van der Waals surface area (Å²) in [6, 6.07) is 7.52. The van der Waals surface area contributed by atoms with E-state index in [9.17, 15) is 18.0 Å². The summed E-state index contributed by atoms with van der Waals surface area (Å²) in [6.45, 7) is 7.78. The molecule has 0 unspecified atom stereocenters. The van der Waals surface area contributed by atoms with Crippen LogP contribution in [0.5, 0.6) is 5.88 Å². The van der Waals surface area contributed by atoms with Crippen LogP contribution in [-0.2, 0) is 27.1 Å². The van der Waals surface area contributed by atoms with Gasteiger partial charge in [-0.05, 0) is 36.1 Å². The number of hydrogen-bond donors (Lipinski definition) is 1. The molecular formula is C25H30BrF3N2O4. The van der Waals surface area contributed by atoms with Crippen LogP contribution in [0.4, 0.5) is 13.2 Å². The maximum atomic E-state index is 13.3. The molecule has 1 aliphatic rings. The van der Waals surface area contributed by atoms with Crippen molar-refractivity contribution in [2.24, 2.45) is 11.3 Å². The topological polar surface area (TPSA) is 69.7 Å². The molecule has 0 radical (unpaired) electrons. The van der Waals surface area contributed by atoms with Crippen LogP contribution in [0.2, 0.25) is 0 Å². The zero-order chi connectivity index (χ0) is 26.0. The van der Waals surface area contributed by atoms with E-state index in [1.54, 1.807) is 6.92 Å². The molecule has 0 saturated carbocycles. The number of nitrogens with one attached hydrogen (secondary N) is 1. The van der Waals surface area contributed by atoms with Gasteiger partial charge in [0.25, 0.3) is 0 Å². The van der Waals surface area contributed by atoms with Crippen molar-refractivity contribution in [3.05, 3.63) is 57.7 Å². The highest BCUT2D eigenvalue weighted by Crippen LogP contribution is 2.45. The summed E-state index contributed by atoms with van der Waals surface area (Å²) in [7, 11) is 1.34. The lowest BCUT2D eigenvalue weighted by Gasteiger charge is -2.35. The molecule has 0 spiro atoms. The first-order chi connectivity index (χ1) is 16.4.